The van der Waals surface area contributed by atoms with Crippen molar-refractivity contribution in [2.24, 2.45) is 0 Å². The monoisotopic (exact) mass is 337 g/mol. The van der Waals surface area contributed by atoms with Crippen molar-refractivity contribution in [3.05, 3.63) is 54.1 Å². The first kappa shape index (κ1) is 17.2. The summed E-state index contributed by atoms with van der Waals surface area (Å²) >= 11 is 0. The van der Waals surface area contributed by atoms with Crippen molar-refractivity contribution >= 4 is 10.9 Å². The predicted molar refractivity (Wildman–Crippen MR) is 100 cm³/mol. The van der Waals surface area contributed by atoms with E-state index >= 15 is 0 Å². The molecule has 0 atom stereocenters. The van der Waals surface area contributed by atoms with Crippen LogP contribution in [0.4, 0.5) is 0 Å². The molecule has 0 saturated heterocycles. The zero-order chi connectivity index (χ0) is 18.0. The van der Waals surface area contributed by atoms with Crippen LogP contribution in [0.5, 0.6) is 11.5 Å². The quantitative estimate of drug-likeness (QED) is 0.757. The highest BCUT2D eigenvalue weighted by molar-refractivity contribution is 5.88. The largest absolute Gasteiger partial charge is 0.497 e. The molecule has 3 rings (SSSR count). The highest BCUT2D eigenvalue weighted by Gasteiger charge is 2.16. The number of hydrogen-bond acceptors (Lipinski definition) is 4. The van der Waals surface area contributed by atoms with Crippen LogP contribution in [0.2, 0.25) is 0 Å². The van der Waals surface area contributed by atoms with E-state index in [-0.39, 0.29) is 12.2 Å². The van der Waals surface area contributed by atoms with E-state index in [0.717, 1.165) is 39.2 Å². The van der Waals surface area contributed by atoms with Gasteiger partial charge >= 0.3 is 0 Å². The molecule has 0 bridgehead atoms. The average Bonchev–Trinajstić information content (AvgIpc) is 2.59. The Morgan fingerprint density at radius 3 is 2.32 bits per heavy atom. The molecule has 0 unspecified atom stereocenters. The van der Waals surface area contributed by atoms with E-state index in [2.05, 4.69) is 0 Å². The smallest absolute Gasteiger partial charge is 0.131 e. The maximum atomic E-state index is 9.42. The fraction of sp³-hybridized carbons (Fsp3) is 0.286. The molecule has 1 heterocycles. The van der Waals surface area contributed by atoms with E-state index in [0.29, 0.717) is 0 Å². The fourth-order valence-corrected chi connectivity index (χ4v) is 2.66. The predicted octanol–water partition coefficient (Wildman–Crippen LogP) is 4.58. The van der Waals surface area contributed by atoms with Crippen LogP contribution in [0.25, 0.3) is 22.2 Å². The van der Waals surface area contributed by atoms with Gasteiger partial charge in [0, 0.05) is 17.0 Å². The third kappa shape index (κ3) is 3.91. The van der Waals surface area contributed by atoms with Crippen molar-refractivity contribution < 1.29 is 14.6 Å². The number of aromatic nitrogens is 1. The van der Waals surface area contributed by atoms with Crippen LogP contribution < -0.4 is 9.47 Å². The Hall–Kier alpha value is -2.59. The van der Waals surface area contributed by atoms with Gasteiger partial charge < -0.3 is 14.6 Å². The van der Waals surface area contributed by atoms with Gasteiger partial charge in [0.2, 0.25) is 0 Å². The van der Waals surface area contributed by atoms with E-state index in [1.165, 1.54) is 0 Å². The molecule has 4 nitrogen and oxygen atoms in total. The minimum Gasteiger partial charge on any atom is -0.497 e. The molecule has 0 spiro atoms. The molecule has 3 aromatic rings. The maximum Gasteiger partial charge on any atom is 0.131 e. The van der Waals surface area contributed by atoms with E-state index in [1.54, 1.807) is 7.11 Å². The molecular weight excluding hydrogens is 314 g/mol. The first-order valence-corrected chi connectivity index (χ1v) is 8.27. The SMILES string of the molecule is COc1ccc(-c2cc(OC(C)(C)C)c3ccc(CO)cc3n2)cc1. The standard InChI is InChI=1S/C21H23NO3/c1-21(2,3)25-20-12-18(15-6-8-16(24-4)9-7-15)22-19-11-14(13-23)5-10-17(19)20/h5-12,23H,13H2,1-4H3. The number of rotatable bonds is 4. The normalized spacial score (nSPS) is 11.6. The molecule has 4 heteroatoms. The Bertz CT molecular complexity index is 880. The minimum absolute atomic E-state index is 0.0140. The number of pyridine rings is 1. The molecule has 0 aliphatic heterocycles. The van der Waals surface area contributed by atoms with Crippen LogP contribution in [0.3, 0.4) is 0 Å². The van der Waals surface area contributed by atoms with Crippen LogP contribution in [-0.2, 0) is 6.61 Å². The lowest BCUT2D eigenvalue weighted by molar-refractivity contribution is 0.133. The first-order chi connectivity index (χ1) is 11.9. The molecule has 25 heavy (non-hydrogen) atoms. The van der Waals surface area contributed by atoms with Crippen LogP contribution in [0, 0.1) is 0 Å². The van der Waals surface area contributed by atoms with Crippen molar-refractivity contribution in [2.45, 2.75) is 33.0 Å². The van der Waals surface area contributed by atoms with E-state index in [9.17, 15) is 5.11 Å². The topological polar surface area (TPSA) is 51.6 Å². The molecule has 0 aliphatic rings. The van der Waals surface area contributed by atoms with Crippen molar-refractivity contribution in [2.75, 3.05) is 7.11 Å². The lowest BCUT2D eigenvalue weighted by Crippen LogP contribution is -2.23. The number of aliphatic hydroxyl groups is 1. The van der Waals surface area contributed by atoms with Crippen LogP contribution >= 0.6 is 0 Å². The third-order valence-corrected chi connectivity index (χ3v) is 3.82. The Labute approximate surface area is 148 Å². The summed E-state index contributed by atoms with van der Waals surface area (Å²) < 4.78 is 11.4. The Kier molecular flexibility index (Phi) is 4.64. The van der Waals surface area contributed by atoms with Crippen molar-refractivity contribution in [1.29, 1.82) is 0 Å². The van der Waals surface area contributed by atoms with E-state index in [1.807, 2.05) is 69.3 Å². The lowest BCUT2D eigenvalue weighted by Gasteiger charge is -2.23. The summed E-state index contributed by atoms with van der Waals surface area (Å²) in [6.45, 7) is 6.05. The summed E-state index contributed by atoms with van der Waals surface area (Å²) in [6, 6.07) is 15.5. The van der Waals surface area contributed by atoms with Gasteiger partial charge in [0.25, 0.3) is 0 Å². The summed E-state index contributed by atoms with van der Waals surface area (Å²) in [5, 5.41) is 10.4. The van der Waals surface area contributed by atoms with Crippen molar-refractivity contribution in [3.63, 3.8) is 0 Å². The number of methoxy groups -OCH3 is 1. The summed E-state index contributed by atoms with van der Waals surface area (Å²) in [6.07, 6.45) is 0. The van der Waals surface area contributed by atoms with Gasteiger partial charge in [-0.2, -0.15) is 0 Å². The summed E-state index contributed by atoms with van der Waals surface area (Å²) in [4.78, 5) is 4.77. The third-order valence-electron chi connectivity index (χ3n) is 3.82. The second kappa shape index (κ2) is 6.73. The molecule has 0 fully saturated rings. The van der Waals surface area contributed by atoms with Gasteiger partial charge in [-0.25, -0.2) is 4.98 Å². The zero-order valence-corrected chi connectivity index (χ0v) is 15.0. The number of ether oxygens (including phenoxy) is 2. The van der Waals surface area contributed by atoms with Gasteiger partial charge in [-0.05, 0) is 62.7 Å². The maximum absolute atomic E-state index is 9.42. The van der Waals surface area contributed by atoms with Gasteiger partial charge in [0.15, 0.2) is 0 Å². The fourth-order valence-electron chi connectivity index (χ4n) is 2.66. The second-order valence-corrected chi connectivity index (χ2v) is 6.96. The Balaban J connectivity index is 2.17. The Morgan fingerprint density at radius 2 is 1.72 bits per heavy atom. The van der Waals surface area contributed by atoms with Gasteiger partial charge in [0.05, 0.1) is 24.9 Å². The molecule has 2 aromatic carbocycles. The van der Waals surface area contributed by atoms with Crippen LogP contribution in [0.15, 0.2) is 48.5 Å². The Morgan fingerprint density at radius 1 is 1.00 bits per heavy atom. The van der Waals surface area contributed by atoms with Gasteiger partial charge in [-0.15, -0.1) is 0 Å². The van der Waals surface area contributed by atoms with E-state index < -0.39 is 0 Å². The summed E-state index contributed by atoms with van der Waals surface area (Å²) in [5.74, 6) is 1.59. The molecule has 1 aromatic heterocycles. The molecule has 0 saturated carbocycles. The van der Waals surface area contributed by atoms with Crippen molar-refractivity contribution in [3.8, 4) is 22.8 Å². The number of hydrogen-bond donors (Lipinski definition) is 1. The molecular formula is C21H23NO3. The van der Waals surface area contributed by atoms with E-state index in [4.69, 9.17) is 14.5 Å². The molecule has 130 valence electrons. The molecule has 0 aliphatic carbocycles. The van der Waals surface area contributed by atoms with Crippen LogP contribution in [-0.4, -0.2) is 22.8 Å². The first-order valence-electron chi connectivity index (χ1n) is 8.27. The number of fused-ring (bicyclic) bond motifs is 1. The highest BCUT2D eigenvalue weighted by Crippen LogP contribution is 2.33. The van der Waals surface area contributed by atoms with Gasteiger partial charge in [-0.3, -0.25) is 0 Å². The second-order valence-electron chi connectivity index (χ2n) is 6.96. The van der Waals surface area contributed by atoms with Gasteiger partial charge in [0.1, 0.15) is 17.1 Å². The zero-order valence-electron chi connectivity index (χ0n) is 15.0. The molecule has 1 N–H and O–H groups in total. The average molecular weight is 337 g/mol. The highest BCUT2D eigenvalue weighted by atomic mass is 16.5. The number of benzene rings is 2. The van der Waals surface area contributed by atoms with Crippen LogP contribution in [0.1, 0.15) is 26.3 Å². The lowest BCUT2D eigenvalue weighted by atomic mass is 10.1. The number of aliphatic hydroxyl groups excluding tert-OH is 1. The molecule has 0 radical (unpaired) electrons. The minimum atomic E-state index is -0.318. The molecule has 0 amide bonds. The van der Waals surface area contributed by atoms with Gasteiger partial charge in [-0.1, -0.05) is 6.07 Å². The number of nitrogens with zero attached hydrogens (tertiary/aromatic N) is 1. The summed E-state index contributed by atoms with van der Waals surface area (Å²) in [7, 11) is 1.65. The summed E-state index contributed by atoms with van der Waals surface area (Å²) in [5.41, 5.74) is 3.12. The van der Waals surface area contributed by atoms with Crippen molar-refractivity contribution in [1.82, 2.24) is 4.98 Å².